The smallest absolute Gasteiger partial charge is 0.357 e. The molecule has 0 heterocycles. The van der Waals surface area contributed by atoms with Gasteiger partial charge in [0.2, 0.25) is 5.91 Å². The summed E-state index contributed by atoms with van der Waals surface area (Å²) in [4.78, 5) is 16.5. The summed E-state index contributed by atoms with van der Waals surface area (Å²) in [7, 11) is 1.12. The van der Waals surface area contributed by atoms with Crippen molar-refractivity contribution in [3.8, 4) is 0 Å². The van der Waals surface area contributed by atoms with E-state index in [0.717, 1.165) is 7.05 Å². The summed E-state index contributed by atoms with van der Waals surface area (Å²) in [6.07, 6.45) is -4.42. The van der Waals surface area contributed by atoms with E-state index in [4.69, 9.17) is 0 Å². The first-order chi connectivity index (χ1) is 12.1. The van der Waals surface area contributed by atoms with Crippen molar-refractivity contribution in [2.45, 2.75) is 32.9 Å². The SMILES string of the molecule is CCNC(=NCC(=O)N(C)CC(F)(F)F)NCC(C)c1ccc(C)cc1. The number of alkyl halides is 3. The first-order valence-electron chi connectivity index (χ1n) is 8.51. The third-order valence-corrected chi connectivity index (χ3v) is 3.78. The van der Waals surface area contributed by atoms with Crippen molar-refractivity contribution in [3.05, 3.63) is 35.4 Å². The lowest BCUT2D eigenvalue weighted by molar-refractivity contribution is -0.157. The largest absolute Gasteiger partial charge is 0.406 e. The van der Waals surface area contributed by atoms with E-state index in [1.807, 2.05) is 26.0 Å². The van der Waals surface area contributed by atoms with Crippen LogP contribution in [0.4, 0.5) is 13.2 Å². The molecule has 1 atom stereocenters. The Balaban J connectivity index is 2.60. The first-order valence-corrected chi connectivity index (χ1v) is 8.51. The summed E-state index contributed by atoms with van der Waals surface area (Å²) in [5.41, 5.74) is 2.35. The number of likely N-dealkylation sites (N-methyl/N-ethyl adjacent to an activating group) is 1. The van der Waals surface area contributed by atoms with Gasteiger partial charge in [0.15, 0.2) is 5.96 Å². The van der Waals surface area contributed by atoms with Crippen LogP contribution >= 0.6 is 0 Å². The van der Waals surface area contributed by atoms with Gasteiger partial charge >= 0.3 is 6.18 Å². The number of benzene rings is 1. The highest BCUT2D eigenvalue weighted by molar-refractivity contribution is 5.84. The molecule has 0 fully saturated rings. The van der Waals surface area contributed by atoms with E-state index in [-0.39, 0.29) is 12.5 Å². The fourth-order valence-corrected chi connectivity index (χ4v) is 2.23. The Bertz CT molecular complexity index is 599. The third-order valence-electron chi connectivity index (χ3n) is 3.78. The number of nitrogens with zero attached hydrogens (tertiary/aromatic N) is 2. The monoisotopic (exact) mass is 372 g/mol. The summed E-state index contributed by atoms with van der Waals surface area (Å²) < 4.78 is 37.0. The molecule has 0 aliphatic carbocycles. The maximum absolute atomic E-state index is 12.3. The van der Waals surface area contributed by atoms with Gasteiger partial charge in [-0.25, -0.2) is 4.99 Å². The van der Waals surface area contributed by atoms with Crippen molar-refractivity contribution in [2.24, 2.45) is 4.99 Å². The number of nitrogens with one attached hydrogen (secondary N) is 2. The summed E-state index contributed by atoms with van der Waals surface area (Å²) in [5.74, 6) is -0.0746. The zero-order valence-electron chi connectivity index (χ0n) is 15.7. The molecule has 0 aliphatic rings. The number of rotatable bonds is 7. The van der Waals surface area contributed by atoms with E-state index in [1.54, 1.807) is 0 Å². The Hall–Kier alpha value is -2.25. The molecule has 2 N–H and O–H groups in total. The number of aliphatic imine (C=N–C) groups is 1. The van der Waals surface area contributed by atoms with Gasteiger partial charge in [-0.1, -0.05) is 36.8 Å². The van der Waals surface area contributed by atoms with E-state index in [2.05, 4.69) is 34.7 Å². The molecule has 0 aliphatic heterocycles. The standard InChI is InChI=1S/C18H27F3N4O/c1-5-22-17(24-11-16(26)25(4)12-18(19,20)21)23-10-14(3)15-8-6-13(2)7-9-15/h6-9,14H,5,10-12H2,1-4H3,(H2,22,23,24). The fourth-order valence-electron chi connectivity index (χ4n) is 2.23. The van der Waals surface area contributed by atoms with Crippen molar-refractivity contribution in [1.82, 2.24) is 15.5 Å². The lowest BCUT2D eigenvalue weighted by atomic mass is 10.0. The summed E-state index contributed by atoms with van der Waals surface area (Å²) in [6.45, 7) is 5.49. The average Bonchev–Trinajstić information content (AvgIpc) is 2.55. The van der Waals surface area contributed by atoms with Gasteiger partial charge in [-0.2, -0.15) is 13.2 Å². The molecule has 146 valence electrons. The molecule has 1 unspecified atom stereocenters. The number of hydrogen-bond donors (Lipinski definition) is 2. The molecule has 1 aromatic rings. The molecular formula is C18H27F3N4O. The minimum atomic E-state index is -4.42. The molecule has 0 bridgehead atoms. The van der Waals surface area contributed by atoms with Gasteiger partial charge in [0.25, 0.3) is 0 Å². The van der Waals surface area contributed by atoms with Crippen molar-refractivity contribution in [2.75, 3.05) is 33.2 Å². The van der Waals surface area contributed by atoms with E-state index >= 15 is 0 Å². The molecule has 26 heavy (non-hydrogen) atoms. The second-order valence-electron chi connectivity index (χ2n) is 6.25. The van der Waals surface area contributed by atoms with Gasteiger partial charge in [0.05, 0.1) is 0 Å². The van der Waals surface area contributed by atoms with E-state index < -0.39 is 18.6 Å². The topological polar surface area (TPSA) is 56.7 Å². The molecule has 1 aromatic carbocycles. The Labute approximate surface area is 152 Å². The number of hydrogen-bond acceptors (Lipinski definition) is 2. The van der Waals surface area contributed by atoms with E-state index in [9.17, 15) is 18.0 Å². The zero-order chi connectivity index (χ0) is 19.7. The van der Waals surface area contributed by atoms with Crippen LogP contribution in [0.5, 0.6) is 0 Å². The first kappa shape index (κ1) is 21.8. The molecule has 1 rings (SSSR count). The lowest BCUT2D eigenvalue weighted by Crippen LogP contribution is -2.41. The van der Waals surface area contributed by atoms with E-state index in [1.165, 1.54) is 11.1 Å². The second-order valence-corrected chi connectivity index (χ2v) is 6.25. The normalized spacial score (nSPS) is 13.3. The maximum Gasteiger partial charge on any atom is 0.406 e. The van der Waals surface area contributed by atoms with Gasteiger partial charge < -0.3 is 15.5 Å². The van der Waals surface area contributed by atoms with Crippen LogP contribution < -0.4 is 10.6 Å². The van der Waals surface area contributed by atoms with Crippen LogP contribution in [0.1, 0.15) is 30.9 Å². The van der Waals surface area contributed by atoms with Crippen LogP contribution in [0.3, 0.4) is 0 Å². The molecule has 0 saturated heterocycles. The van der Waals surface area contributed by atoms with Gasteiger partial charge in [-0.05, 0) is 25.3 Å². The fraction of sp³-hybridized carbons (Fsp3) is 0.556. The third kappa shape index (κ3) is 8.22. The molecular weight excluding hydrogens is 345 g/mol. The number of halogens is 3. The summed E-state index contributed by atoms with van der Waals surface area (Å²) in [5, 5.41) is 6.11. The predicted octanol–water partition coefficient (Wildman–Crippen LogP) is 2.67. The molecule has 0 spiro atoms. The molecule has 8 heteroatoms. The highest BCUT2D eigenvalue weighted by atomic mass is 19.4. The molecule has 5 nitrogen and oxygen atoms in total. The Morgan fingerprint density at radius 3 is 2.38 bits per heavy atom. The van der Waals surface area contributed by atoms with Gasteiger partial charge in [-0.15, -0.1) is 0 Å². The minimum Gasteiger partial charge on any atom is -0.357 e. The number of guanidine groups is 1. The summed E-state index contributed by atoms with van der Waals surface area (Å²) in [6, 6.07) is 8.20. The van der Waals surface area contributed by atoms with Crippen molar-refractivity contribution < 1.29 is 18.0 Å². The second kappa shape index (κ2) is 10.0. The lowest BCUT2D eigenvalue weighted by Gasteiger charge is -2.19. The van der Waals surface area contributed by atoms with Gasteiger partial charge in [-0.3, -0.25) is 4.79 Å². The van der Waals surface area contributed by atoms with Gasteiger partial charge in [0.1, 0.15) is 13.1 Å². The van der Waals surface area contributed by atoms with Crippen LogP contribution in [0.25, 0.3) is 0 Å². The van der Waals surface area contributed by atoms with Crippen LogP contribution in [0, 0.1) is 6.92 Å². The number of carbonyl (C=O) groups is 1. The number of aryl methyl sites for hydroxylation is 1. The summed E-state index contributed by atoms with van der Waals surface area (Å²) >= 11 is 0. The molecule has 0 aromatic heterocycles. The van der Waals surface area contributed by atoms with Crippen LogP contribution in [-0.4, -0.2) is 56.2 Å². The van der Waals surface area contributed by atoms with E-state index in [0.29, 0.717) is 23.9 Å². The molecule has 0 saturated carbocycles. The highest BCUT2D eigenvalue weighted by Gasteiger charge is 2.31. The number of carbonyl (C=O) groups excluding carboxylic acids is 1. The van der Waals surface area contributed by atoms with Crippen molar-refractivity contribution in [3.63, 3.8) is 0 Å². The zero-order valence-corrected chi connectivity index (χ0v) is 15.7. The number of amides is 1. The average molecular weight is 372 g/mol. The quantitative estimate of drug-likeness (QED) is 0.572. The maximum atomic E-state index is 12.3. The van der Waals surface area contributed by atoms with Crippen LogP contribution in [0.2, 0.25) is 0 Å². The Morgan fingerprint density at radius 2 is 1.85 bits per heavy atom. The Kier molecular flexibility index (Phi) is 8.41. The predicted molar refractivity (Wildman–Crippen MR) is 97.3 cm³/mol. The highest BCUT2D eigenvalue weighted by Crippen LogP contribution is 2.16. The van der Waals surface area contributed by atoms with Crippen LogP contribution in [0.15, 0.2) is 29.3 Å². The van der Waals surface area contributed by atoms with Crippen molar-refractivity contribution >= 4 is 11.9 Å². The van der Waals surface area contributed by atoms with Crippen LogP contribution in [-0.2, 0) is 4.79 Å². The molecule has 0 radical (unpaired) electrons. The minimum absolute atomic E-state index is 0.211. The van der Waals surface area contributed by atoms with Crippen molar-refractivity contribution in [1.29, 1.82) is 0 Å². The molecule has 1 amide bonds. The Morgan fingerprint density at radius 1 is 1.23 bits per heavy atom. The van der Waals surface area contributed by atoms with Gasteiger partial charge in [0, 0.05) is 20.1 Å².